The fraction of sp³-hybridized carbons (Fsp3) is 0.700. The minimum atomic E-state index is 0.827. The fourth-order valence-corrected chi connectivity index (χ4v) is 2.22. The van der Waals surface area contributed by atoms with Crippen molar-refractivity contribution in [3.05, 3.63) is 11.1 Å². The molecular formula is C10H15N2S. The summed E-state index contributed by atoms with van der Waals surface area (Å²) >= 11 is 1.78. The molecule has 0 N–H and O–H groups in total. The van der Waals surface area contributed by atoms with Crippen LogP contribution in [0.5, 0.6) is 0 Å². The van der Waals surface area contributed by atoms with E-state index < -0.39 is 0 Å². The predicted molar refractivity (Wildman–Crippen MR) is 57.7 cm³/mol. The molecular weight excluding hydrogens is 180 g/mol. The molecule has 3 heteroatoms. The molecule has 2 nitrogen and oxygen atoms in total. The Morgan fingerprint density at radius 3 is 3.15 bits per heavy atom. The van der Waals surface area contributed by atoms with Crippen LogP contribution in [-0.2, 0) is 0 Å². The lowest BCUT2D eigenvalue weighted by atomic mass is 10.3. The lowest BCUT2D eigenvalue weighted by Crippen LogP contribution is -2.00. The third kappa shape index (κ3) is 2.50. The lowest BCUT2D eigenvalue weighted by molar-refractivity contribution is 0.807. The molecule has 71 valence electrons. The summed E-state index contributed by atoms with van der Waals surface area (Å²) in [5.74, 6) is 0.827. The number of unbranched alkanes of at least 4 members (excludes halogenated alkanes) is 1. The van der Waals surface area contributed by atoms with Crippen LogP contribution >= 0.6 is 11.8 Å². The highest BCUT2D eigenvalue weighted by Crippen LogP contribution is 2.44. The van der Waals surface area contributed by atoms with E-state index in [1.165, 1.54) is 30.6 Å². The quantitative estimate of drug-likeness (QED) is 0.633. The van der Waals surface area contributed by atoms with Crippen molar-refractivity contribution in [2.75, 3.05) is 6.54 Å². The van der Waals surface area contributed by atoms with Crippen LogP contribution in [0.3, 0.4) is 0 Å². The average molecular weight is 195 g/mol. The van der Waals surface area contributed by atoms with Gasteiger partial charge in [0.2, 0.25) is 0 Å². The molecule has 0 unspecified atom stereocenters. The maximum absolute atomic E-state index is 4.43. The molecule has 0 saturated heterocycles. The van der Waals surface area contributed by atoms with Gasteiger partial charge in [-0.3, -0.25) is 4.99 Å². The molecule has 0 amide bonds. The minimum absolute atomic E-state index is 0.827. The van der Waals surface area contributed by atoms with Crippen LogP contribution in [0.1, 0.15) is 32.6 Å². The van der Waals surface area contributed by atoms with Gasteiger partial charge in [-0.05, 0) is 25.2 Å². The summed E-state index contributed by atoms with van der Waals surface area (Å²) in [6, 6.07) is 0. The van der Waals surface area contributed by atoms with Gasteiger partial charge in [-0.2, -0.15) is 0 Å². The van der Waals surface area contributed by atoms with Crippen LogP contribution in [0.25, 0.3) is 0 Å². The van der Waals surface area contributed by atoms with Gasteiger partial charge < -0.3 is 0 Å². The van der Waals surface area contributed by atoms with Gasteiger partial charge in [0, 0.05) is 17.6 Å². The lowest BCUT2D eigenvalue weighted by Gasteiger charge is -1.95. The number of hydrogen-bond acceptors (Lipinski definition) is 2. The van der Waals surface area contributed by atoms with Crippen LogP contribution in [0.2, 0.25) is 0 Å². The molecule has 0 atom stereocenters. The van der Waals surface area contributed by atoms with Crippen molar-refractivity contribution in [3.8, 4) is 0 Å². The number of amidine groups is 1. The zero-order chi connectivity index (χ0) is 9.10. The Hall–Kier alpha value is -0.440. The van der Waals surface area contributed by atoms with Gasteiger partial charge in [-0.1, -0.05) is 25.1 Å². The number of allylic oxidation sites excluding steroid dienone is 1. The van der Waals surface area contributed by atoms with Crippen molar-refractivity contribution in [1.82, 2.24) is 5.32 Å². The van der Waals surface area contributed by atoms with E-state index in [0.717, 1.165) is 17.6 Å². The monoisotopic (exact) mass is 195 g/mol. The molecule has 0 spiro atoms. The molecule has 0 aromatic carbocycles. The van der Waals surface area contributed by atoms with Gasteiger partial charge in [0.05, 0.1) is 0 Å². The van der Waals surface area contributed by atoms with E-state index in [0.29, 0.717) is 0 Å². The molecule has 1 aliphatic heterocycles. The summed E-state index contributed by atoms with van der Waals surface area (Å²) in [6.45, 7) is 3.13. The Morgan fingerprint density at radius 2 is 2.46 bits per heavy atom. The topological polar surface area (TPSA) is 26.5 Å². The van der Waals surface area contributed by atoms with Crippen LogP contribution in [0, 0.1) is 5.92 Å². The summed E-state index contributed by atoms with van der Waals surface area (Å²) in [6.07, 6.45) is 7.11. The Balaban J connectivity index is 1.76. The maximum Gasteiger partial charge on any atom is 0.187 e. The Morgan fingerprint density at radius 1 is 1.62 bits per heavy atom. The average Bonchev–Trinajstić information content (AvgIpc) is 2.88. The summed E-state index contributed by atoms with van der Waals surface area (Å²) in [7, 11) is 0. The number of hydrogen-bond donors (Lipinski definition) is 0. The molecule has 1 radical (unpaired) electrons. The van der Waals surface area contributed by atoms with Crippen molar-refractivity contribution >= 4 is 16.9 Å². The second kappa shape index (κ2) is 4.18. The zero-order valence-electron chi connectivity index (χ0n) is 7.99. The van der Waals surface area contributed by atoms with Gasteiger partial charge in [0.25, 0.3) is 0 Å². The number of rotatable bonds is 4. The number of nitrogens with zero attached hydrogens (tertiary/aromatic N) is 2. The van der Waals surface area contributed by atoms with Crippen LogP contribution in [0.15, 0.2) is 16.1 Å². The van der Waals surface area contributed by atoms with E-state index in [-0.39, 0.29) is 0 Å². The zero-order valence-corrected chi connectivity index (χ0v) is 8.81. The molecule has 1 heterocycles. The number of thioether (sulfide) groups is 1. The Kier molecular flexibility index (Phi) is 2.94. The fourth-order valence-electron chi connectivity index (χ4n) is 1.24. The smallest absolute Gasteiger partial charge is 0.187 e. The first kappa shape index (κ1) is 9.13. The van der Waals surface area contributed by atoms with Crippen molar-refractivity contribution in [3.63, 3.8) is 0 Å². The first-order valence-electron chi connectivity index (χ1n) is 5.03. The highest BCUT2D eigenvalue weighted by molar-refractivity contribution is 8.17. The summed E-state index contributed by atoms with van der Waals surface area (Å²) in [4.78, 5) is 5.87. The Labute approximate surface area is 83.9 Å². The minimum Gasteiger partial charge on any atom is -0.261 e. The van der Waals surface area contributed by atoms with Crippen molar-refractivity contribution in [1.29, 1.82) is 0 Å². The summed E-state index contributed by atoms with van der Waals surface area (Å²) in [5, 5.41) is 5.28. The van der Waals surface area contributed by atoms with Crippen molar-refractivity contribution < 1.29 is 0 Å². The molecule has 0 aromatic rings. The normalized spacial score (nSPS) is 24.7. The van der Waals surface area contributed by atoms with E-state index in [1.807, 2.05) is 6.20 Å². The molecule has 0 bridgehead atoms. The molecule has 1 fully saturated rings. The largest absolute Gasteiger partial charge is 0.261 e. The van der Waals surface area contributed by atoms with Crippen molar-refractivity contribution in [2.45, 2.75) is 32.6 Å². The molecule has 2 rings (SSSR count). The molecule has 2 aliphatic rings. The van der Waals surface area contributed by atoms with Crippen LogP contribution < -0.4 is 5.32 Å². The van der Waals surface area contributed by atoms with Gasteiger partial charge in [-0.15, -0.1) is 0 Å². The van der Waals surface area contributed by atoms with Crippen LogP contribution in [-0.4, -0.2) is 11.7 Å². The molecule has 1 aliphatic carbocycles. The van der Waals surface area contributed by atoms with Gasteiger partial charge >= 0.3 is 0 Å². The Bertz CT molecular complexity index is 241. The highest BCUT2D eigenvalue weighted by atomic mass is 32.2. The second-order valence-electron chi connectivity index (χ2n) is 3.55. The van der Waals surface area contributed by atoms with Gasteiger partial charge in [0.15, 0.2) is 5.17 Å². The van der Waals surface area contributed by atoms with Crippen molar-refractivity contribution in [2.24, 2.45) is 10.9 Å². The van der Waals surface area contributed by atoms with E-state index in [1.54, 1.807) is 11.8 Å². The molecule has 13 heavy (non-hydrogen) atoms. The van der Waals surface area contributed by atoms with Gasteiger partial charge in [-0.25, -0.2) is 5.32 Å². The maximum atomic E-state index is 4.43. The van der Waals surface area contributed by atoms with Crippen LogP contribution in [0.4, 0.5) is 0 Å². The summed E-state index contributed by atoms with van der Waals surface area (Å²) in [5.41, 5.74) is 0. The van der Waals surface area contributed by atoms with Gasteiger partial charge in [0.1, 0.15) is 0 Å². The number of aliphatic imine (C=N–C) groups is 1. The first-order chi connectivity index (χ1) is 6.40. The first-order valence-corrected chi connectivity index (χ1v) is 5.85. The van der Waals surface area contributed by atoms with E-state index in [4.69, 9.17) is 0 Å². The third-order valence-electron chi connectivity index (χ3n) is 2.25. The van der Waals surface area contributed by atoms with E-state index in [2.05, 4.69) is 17.2 Å². The van der Waals surface area contributed by atoms with E-state index in [9.17, 15) is 0 Å². The highest BCUT2D eigenvalue weighted by Gasteiger charge is 2.30. The SMILES string of the molecule is CCCCN=C1[N]C=C(C2CC2)S1. The van der Waals surface area contributed by atoms with E-state index >= 15 is 0 Å². The second-order valence-corrected chi connectivity index (χ2v) is 4.60. The molecule has 1 saturated carbocycles. The predicted octanol–water partition coefficient (Wildman–Crippen LogP) is 2.75. The standard InChI is InChI=1S/C10H15N2S/c1-2-3-6-11-10-12-7-9(13-10)8-4-5-8/h7-8H,2-6H2,1H3. The summed E-state index contributed by atoms with van der Waals surface area (Å²) < 4.78 is 0. The molecule has 0 aromatic heterocycles. The third-order valence-corrected chi connectivity index (χ3v) is 3.34.